The highest BCUT2D eigenvalue weighted by Crippen LogP contribution is 2.48. The van der Waals surface area contributed by atoms with Crippen LogP contribution in [0.2, 0.25) is 0 Å². The summed E-state index contributed by atoms with van der Waals surface area (Å²) in [5, 5.41) is 1.21. The Morgan fingerprint density at radius 2 is 1.97 bits per heavy atom. The molecule has 2 saturated carbocycles. The van der Waals surface area contributed by atoms with Gasteiger partial charge in [0.05, 0.1) is 11.2 Å². The summed E-state index contributed by atoms with van der Waals surface area (Å²) in [5.41, 5.74) is 2.48. The van der Waals surface area contributed by atoms with Crippen molar-refractivity contribution in [3.05, 3.63) is 23.8 Å². The molecule has 0 aromatic heterocycles. The molecule has 1 heterocycles. The van der Waals surface area contributed by atoms with Crippen LogP contribution in [0.4, 0.5) is 10.5 Å². The number of benzene rings is 1. The molecule has 3 fully saturated rings. The number of hydrogen-bond acceptors (Lipinski definition) is 4. The molecule has 0 unspecified atom stereocenters. The molecule has 0 radical (unpaired) electrons. The fourth-order valence-corrected chi connectivity index (χ4v) is 6.53. The van der Waals surface area contributed by atoms with Crippen LogP contribution in [0, 0.1) is 0 Å². The van der Waals surface area contributed by atoms with E-state index in [1.165, 1.54) is 67.2 Å². The van der Waals surface area contributed by atoms with Gasteiger partial charge >= 0.3 is 6.09 Å². The van der Waals surface area contributed by atoms with Gasteiger partial charge in [0.2, 0.25) is 0 Å². The second-order valence-corrected chi connectivity index (χ2v) is 9.77. The second kappa shape index (κ2) is 8.58. The minimum absolute atomic E-state index is 0.339. The Bertz CT molecular complexity index is 780. The number of carbonyl (C=O) groups excluding carboxylic acids is 1. The zero-order valence-corrected chi connectivity index (χ0v) is 18.8. The topological polar surface area (TPSA) is 45.1 Å². The molecule has 6 heteroatoms. The molecule has 29 heavy (non-hydrogen) atoms. The Morgan fingerprint density at radius 3 is 2.62 bits per heavy atom. The van der Waals surface area contributed by atoms with Crippen LogP contribution in [0.1, 0.15) is 63.9 Å². The molecule has 0 atom stereocenters. The number of thioether (sulfide) groups is 1. The molecule has 0 bridgehead atoms. The first-order valence-corrected chi connectivity index (χ1v) is 12.0. The highest BCUT2D eigenvalue weighted by Gasteiger charge is 2.49. The Hall–Kier alpha value is -1.69. The maximum Gasteiger partial charge on any atom is 0.414 e. The van der Waals surface area contributed by atoms with Crippen molar-refractivity contribution >= 4 is 28.7 Å². The average molecular weight is 416 g/mol. The molecule has 4 rings (SSSR count). The molecule has 1 saturated heterocycles. The summed E-state index contributed by atoms with van der Waals surface area (Å²) in [7, 11) is 3.38. The molecular weight excluding hydrogens is 382 g/mol. The van der Waals surface area contributed by atoms with E-state index in [4.69, 9.17) is 9.73 Å². The van der Waals surface area contributed by atoms with Gasteiger partial charge in [-0.25, -0.2) is 9.79 Å². The lowest BCUT2D eigenvalue weighted by molar-refractivity contribution is 0.163. The SMILES string of the molecule is CCc1cc(OC(=O)N(C)C)ccc1N=C1SCC2(CCCC2)N1C1CCCC1. The molecule has 1 spiro atoms. The third-order valence-corrected chi connectivity index (χ3v) is 7.86. The van der Waals surface area contributed by atoms with Gasteiger partial charge in [-0.15, -0.1) is 0 Å². The van der Waals surface area contributed by atoms with Gasteiger partial charge in [-0.05, 0) is 55.9 Å². The number of hydrogen-bond donors (Lipinski definition) is 0. The lowest BCUT2D eigenvalue weighted by atomic mass is 9.95. The van der Waals surface area contributed by atoms with Crippen molar-refractivity contribution in [2.45, 2.75) is 76.3 Å². The number of amides is 1. The molecule has 3 aliphatic rings. The first-order chi connectivity index (χ1) is 14.0. The number of carbonyl (C=O) groups is 1. The van der Waals surface area contributed by atoms with Gasteiger partial charge in [0, 0.05) is 25.9 Å². The van der Waals surface area contributed by atoms with Crippen LogP contribution < -0.4 is 4.74 Å². The number of amidine groups is 1. The minimum Gasteiger partial charge on any atom is -0.410 e. The number of aryl methyl sites for hydroxylation is 1. The summed E-state index contributed by atoms with van der Waals surface area (Å²) in [4.78, 5) is 21.2. The van der Waals surface area contributed by atoms with Crippen LogP contribution >= 0.6 is 11.8 Å². The highest BCUT2D eigenvalue weighted by atomic mass is 32.2. The Balaban J connectivity index is 1.62. The predicted octanol–water partition coefficient (Wildman–Crippen LogP) is 5.60. The third kappa shape index (κ3) is 4.14. The van der Waals surface area contributed by atoms with E-state index in [1.807, 2.05) is 30.0 Å². The maximum atomic E-state index is 11.9. The summed E-state index contributed by atoms with van der Waals surface area (Å²) < 4.78 is 5.44. The Morgan fingerprint density at radius 1 is 1.24 bits per heavy atom. The Kier molecular flexibility index (Phi) is 6.09. The van der Waals surface area contributed by atoms with E-state index < -0.39 is 0 Å². The van der Waals surface area contributed by atoms with Crippen LogP contribution in [-0.4, -0.2) is 52.5 Å². The third-order valence-electron chi connectivity index (χ3n) is 6.63. The molecule has 1 aromatic rings. The molecule has 0 N–H and O–H groups in total. The number of aliphatic imine (C=N–C) groups is 1. The van der Waals surface area contributed by atoms with E-state index in [9.17, 15) is 4.79 Å². The van der Waals surface area contributed by atoms with Gasteiger partial charge < -0.3 is 14.5 Å². The van der Waals surface area contributed by atoms with Crippen LogP contribution in [0.3, 0.4) is 0 Å². The minimum atomic E-state index is -0.354. The fraction of sp³-hybridized carbons (Fsp3) is 0.652. The van der Waals surface area contributed by atoms with Gasteiger partial charge in [0.15, 0.2) is 5.17 Å². The summed E-state index contributed by atoms with van der Waals surface area (Å²) >= 11 is 1.95. The lowest BCUT2D eigenvalue weighted by Gasteiger charge is -2.40. The van der Waals surface area contributed by atoms with Crippen molar-refractivity contribution in [2.75, 3.05) is 19.8 Å². The van der Waals surface area contributed by atoms with E-state index in [0.29, 0.717) is 17.3 Å². The van der Waals surface area contributed by atoms with E-state index in [0.717, 1.165) is 17.7 Å². The van der Waals surface area contributed by atoms with Gasteiger partial charge in [0.25, 0.3) is 0 Å². The normalized spacial score (nSPS) is 22.7. The molecule has 158 valence electrons. The molecule has 2 aliphatic carbocycles. The first-order valence-electron chi connectivity index (χ1n) is 11.1. The Labute approximate surface area is 178 Å². The van der Waals surface area contributed by atoms with Gasteiger partial charge in [-0.3, -0.25) is 0 Å². The fourth-order valence-electron chi connectivity index (χ4n) is 5.06. The largest absolute Gasteiger partial charge is 0.414 e. The highest BCUT2D eigenvalue weighted by molar-refractivity contribution is 8.14. The molecular formula is C23H33N3O2S. The van der Waals surface area contributed by atoms with Crippen molar-refractivity contribution in [3.8, 4) is 5.75 Å². The monoisotopic (exact) mass is 415 g/mol. The summed E-state index contributed by atoms with van der Waals surface area (Å²) in [6, 6.07) is 6.50. The molecule has 1 amide bonds. The van der Waals surface area contributed by atoms with Crippen molar-refractivity contribution in [1.82, 2.24) is 9.80 Å². The molecule has 1 aromatic carbocycles. The summed E-state index contributed by atoms with van der Waals surface area (Å²) in [6.07, 6.45) is 11.1. The van der Waals surface area contributed by atoms with Gasteiger partial charge in [0.1, 0.15) is 5.75 Å². The molecule has 1 aliphatic heterocycles. The van der Waals surface area contributed by atoms with Crippen molar-refractivity contribution in [3.63, 3.8) is 0 Å². The van der Waals surface area contributed by atoms with Crippen LogP contribution in [-0.2, 0) is 6.42 Å². The van der Waals surface area contributed by atoms with Gasteiger partial charge in [-0.2, -0.15) is 0 Å². The zero-order chi connectivity index (χ0) is 20.4. The smallest absolute Gasteiger partial charge is 0.410 e. The van der Waals surface area contributed by atoms with E-state index in [2.05, 4.69) is 11.8 Å². The lowest BCUT2D eigenvalue weighted by Crippen LogP contribution is -2.50. The average Bonchev–Trinajstić information content (AvgIpc) is 3.46. The molecule has 5 nitrogen and oxygen atoms in total. The van der Waals surface area contributed by atoms with Crippen molar-refractivity contribution < 1.29 is 9.53 Å². The van der Waals surface area contributed by atoms with Crippen LogP contribution in [0.5, 0.6) is 5.75 Å². The summed E-state index contributed by atoms with van der Waals surface area (Å²) in [6.45, 7) is 2.13. The number of ether oxygens (including phenoxy) is 1. The van der Waals surface area contributed by atoms with Crippen molar-refractivity contribution in [1.29, 1.82) is 0 Å². The first kappa shape index (κ1) is 20.6. The van der Waals surface area contributed by atoms with E-state index in [1.54, 1.807) is 14.1 Å². The van der Waals surface area contributed by atoms with Crippen LogP contribution in [0.25, 0.3) is 0 Å². The van der Waals surface area contributed by atoms with Gasteiger partial charge in [-0.1, -0.05) is 44.4 Å². The van der Waals surface area contributed by atoms with Crippen LogP contribution in [0.15, 0.2) is 23.2 Å². The quantitative estimate of drug-likeness (QED) is 0.642. The van der Waals surface area contributed by atoms with E-state index in [-0.39, 0.29) is 6.09 Å². The number of nitrogens with zero attached hydrogens (tertiary/aromatic N) is 3. The predicted molar refractivity (Wildman–Crippen MR) is 120 cm³/mol. The summed E-state index contributed by atoms with van der Waals surface area (Å²) in [5.74, 6) is 1.77. The number of rotatable bonds is 4. The van der Waals surface area contributed by atoms with E-state index >= 15 is 0 Å². The second-order valence-electron chi connectivity index (χ2n) is 8.83. The standard InChI is InChI=1S/C23H33N3O2S/c1-4-17-15-19(28-22(27)25(2)3)11-12-20(17)24-21-26(18-9-5-6-10-18)23(16-29-21)13-7-8-14-23/h11-12,15,18H,4-10,13-14,16H2,1-3H3. The maximum absolute atomic E-state index is 11.9. The van der Waals surface area contributed by atoms with Crippen molar-refractivity contribution in [2.24, 2.45) is 4.99 Å². The zero-order valence-electron chi connectivity index (χ0n) is 17.9.